The molecule has 1 saturated heterocycles. The van der Waals surface area contributed by atoms with Gasteiger partial charge in [-0.1, -0.05) is 24.3 Å². The molecule has 7 heteroatoms. The van der Waals surface area contributed by atoms with Crippen molar-refractivity contribution in [3.05, 3.63) is 52.5 Å². The highest BCUT2D eigenvalue weighted by Gasteiger charge is 2.20. The first-order chi connectivity index (χ1) is 11.5. The third-order valence-electron chi connectivity index (χ3n) is 3.31. The quantitative estimate of drug-likeness (QED) is 0.500. The normalized spacial score (nSPS) is 15.3. The van der Waals surface area contributed by atoms with Crippen molar-refractivity contribution in [3.8, 4) is 10.4 Å². The highest BCUT2D eigenvalue weighted by molar-refractivity contribution is 7.80. The number of carbonyl (C=O) groups excluding carboxylic acids is 2. The van der Waals surface area contributed by atoms with Gasteiger partial charge in [0.15, 0.2) is 5.11 Å². The van der Waals surface area contributed by atoms with Gasteiger partial charge in [0.2, 0.25) is 0 Å². The second kappa shape index (κ2) is 6.94. The van der Waals surface area contributed by atoms with E-state index in [2.05, 4.69) is 10.6 Å². The van der Waals surface area contributed by atoms with Crippen LogP contribution in [0.15, 0.2) is 42.1 Å². The van der Waals surface area contributed by atoms with E-state index in [-0.39, 0.29) is 18.5 Å². The van der Waals surface area contributed by atoms with E-state index in [4.69, 9.17) is 17.0 Å². The molecule has 1 aliphatic rings. The van der Waals surface area contributed by atoms with Crippen molar-refractivity contribution in [2.24, 2.45) is 0 Å². The Balaban J connectivity index is 1.73. The minimum absolute atomic E-state index is 0.218. The molecule has 122 valence electrons. The molecule has 24 heavy (non-hydrogen) atoms. The summed E-state index contributed by atoms with van der Waals surface area (Å²) >= 11 is 6.48. The maximum Gasteiger partial charge on any atom is 0.302 e. The van der Waals surface area contributed by atoms with Crippen LogP contribution in [-0.4, -0.2) is 17.0 Å². The Morgan fingerprint density at radius 2 is 1.96 bits per heavy atom. The molecule has 1 fully saturated rings. The SMILES string of the molecule is CC(=O)OCc1ccc(-c2ccc(/C=C3\NC(=S)NC3=O)s2)cc1. The smallest absolute Gasteiger partial charge is 0.302 e. The Bertz CT molecular complexity index is 838. The number of rotatable bonds is 4. The molecule has 2 N–H and O–H groups in total. The Morgan fingerprint density at radius 3 is 2.58 bits per heavy atom. The van der Waals surface area contributed by atoms with Gasteiger partial charge >= 0.3 is 5.97 Å². The van der Waals surface area contributed by atoms with Gasteiger partial charge in [0.05, 0.1) is 0 Å². The number of nitrogens with one attached hydrogen (secondary N) is 2. The van der Waals surface area contributed by atoms with Gasteiger partial charge < -0.3 is 10.1 Å². The number of esters is 1. The summed E-state index contributed by atoms with van der Waals surface area (Å²) < 4.78 is 4.97. The third kappa shape index (κ3) is 3.87. The molecular formula is C17H14N2O3S2. The minimum Gasteiger partial charge on any atom is -0.461 e. The van der Waals surface area contributed by atoms with Crippen molar-refractivity contribution in [3.63, 3.8) is 0 Å². The average Bonchev–Trinajstić information content (AvgIpc) is 3.13. The summed E-state index contributed by atoms with van der Waals surface area (Å²) in [6, 6.07) is 11.8. The van der Waals surface area contributed by atoms with E-state index < -0.39 is 0 Å². The second-order valence-corrected chi connectivity index (χ2v) is 6.67. The molecule has 0 atom stereocenters. The summed E-state index contributed by atoms with van der Waals surface area (Å²) in [5, 5.41) is 5.69. The van der Waals surface area contributed by atoms with E-state index in [1.165, 1.54) is 6.92 Å². The van der Waals surface area contributed by atoms with Gasteiger partial charge in [0.25, 0.3) is 5.91 Å². The molecule has 2 aromatic rings. The first-order valence-corrected chi connectivity index (χ1v) is 8.40. The average molecular weight is 358 g/mol. The van der Waals surface area contributed by atoms with Gasteiger partial charge in [0, 0.05) is 16.7 Å². The summed E-state index contributed by atoms with van der Waals surface area (Å²) in [7, 11) is 0. The number of thiocarbonyl (C=S) groups is 1. The largest absolute Gasteiger partial charge is 0.461 e. The van der Waals surface area contributed by atoms with E-state index in [0.29, 0.717) is 10.8 Å². The van der Waals surface area contributed by atoms with Gasteiger partial charge in [0.1, 0.15) is 12.3 Å². The first kappa shape index (κ1) is 16.4. The molecule has 1 aromatic carbocycles. The Hall–Kier alpha value is -2.51. The molecule has 5 nitrogen and oxygen atoms in total. The Labute approximate surface area is 148 Å². The number of carbonyl (C=O) groups is 2. The second-order valence-electron chi connectivity index (χ2n) is 5.15. The molecular weight excluding hydrogens is 344 g/mol. The lowest BCUT2D eigenvalue weighted by molar-refractivity contribution is -0.142. The molecule has 2 heterocycles. The predicted molar refractivity (Wildman–Crippen MR) is 97.1 cm³/mol. The molecule has 1 aliphatic heterocycles. The number of hydrogen-bond donors (Lipinski definition) is 2. The topological polar surface area (TPSA) is 67.4 Å². The van der Waals surface area contributed by atoms with E-state index in [1.807, 2.05) is 36.4 Å². The standard InChI is InChI=1S/C17H14N2O3S2/c1-10(20)22-9-11-2-4-12(5-3-11)15-7-6-13(24-15)8-14-16(21)19-17(23)18-14/h2-8H,9H2,1H3,(H2,18,19,21,23)/b14-8-. The number of hydrogen-bond acceptors (Lipinski definition) is 5. The van der Waals surface area contributed by atoms with Crippen molar-refractivity contribution < 1.29 is 14.3 Å². The summed E-state index contributed by atoms with van der Waals surface area (Å²) in [4.78, 5) is 24.5. The molecule has 0 aliphatic carbocycles. The molecule has 0 saturated carbocycles. The molecule has 0 unspecified atom stereocenters. The van der Waals surface area contributed by atoms with Crippen LogP contribution in [0, 0.1) is 0 Å². The molecule has 1 amide bonds. The van der Waals surface area contributed by atoms with Crippen LogP contribution in [0.25, 0.3) is 16.5 Å². The van der Waals surface area contributed by atoms with E-state index in [9.17, 15) is 9.59 Å². The minimum atomic E-state index is -0.293. The van der Waals surface area contributed by atoms with Gasteiger partial charge in [-0.05, 0) is 41.6 Å². The third-order valence-corrected chi connectivity index (χ3v) is 4.60. The summed E-state index contributed by atoms with van der Waals surface area (Å²) in [5.41, 5.74) is 2.45. The van der Waals surface area contributed by atoms with Crippen LogP contribution in [-0.2, 0) is 20.9 Å². The highest BCUT2D eigenvalue weighted by atomic mass is 32.1. The van der Waals surface area contributed by atoms with Crippen LogP contribution >= 0.6 is 23.6 Å². The lowest BCUT2D eigenvalue weighted by atomic mass is 10.1. The zero-order valence-electron chi connectivity index (χ0n) is 12.8. The molecule has 0 spiro atoms. The lowest BCUT2D eigenvalue weighted by Gasteiger charge is -2.03. The monoisotopic (exact) mass is 358 g/mol. The fraction of sp³-hybridized carbons (Fsp3) is 0.118. The van der Waals surface area contributed by atoms with E-state index >= 15 is 0 Å². The number of ether oxygens (including phenoxy) is 1. The van der Waals surface area contributed by atoms with Gasteiger partial charge in [-0.3, -0.25) is 14.9 Å². The Morgan fingerprint density at radius 1 is 1.21 bits per heavy atom. The number of benzene rings is 1. The Kier molecular flexibility index (Phi) is 4.73. The molecule has 1 aromatic heterocycles. The zero-order valence-corrected chi connectivity index (χ0v) is 14.4. The first-order valence-electron chi connectivity index (χ1n) is 7.18. The maximum atomic E-state index is 11.7. The van der Waals surface area contributed by atoms with Crippen LogP contribution in [0.4, 0.5) is 0 Å². The van der Waals surface area contributed by atoms with Crippen LogP contribution in [0.3, 0.4) is 0 Å². The maximum absolute atomic E-state index is 11.7. The molecule has 0 radical (unpaired) electrons. The highest BCUT2D eigenvalue weighted by Crippen LogP contribution is 2.29. The van der Waals surface area contributed by atoms with Crippen molar-refractivity contribution in [1.82, 2.24) is 10.6 Å². The van der Waals surface area contributed by atoms with Gasteiger partial charge in [-0.25, -0.2) is 0 Å². The van der Waals surface area contributed by atoms with Crippen molar-refractivity contribution in [2.45, 2.75) is 13.5 Å². The van der Waals surface area contributed by atoms with Crippen LogP contribution < -0.4 is 10.6 Å². The van der Waals surface area contributed by atoms with Crippen LogP contribution in [0.5, 0.6) is 0 Å². The van der Waals surface area contributed by atoms with Crippen molar-refractivity contribution in [1.29, 1.82) is 0 Å². The fourth-order valence-electron chi connectivity index (χ4n) is 2.16. The summed E-state index contributed by atoms with van der Waals surface area (Å²) in [5.74, 6) is -0.510. The summed E-state index contributed by atoms with van der Waals surface area (Å²) in [6.07, 6.45) is 1.78. The number of amides is 1. The van der Waals surface area contributed by atoms with Crippen molar-refractivity contribution >= 4 is 46.6 Å². The fourth-order valence-corrected chi connectivity index (χ4v) is 3.32. The zero-order chi connectivity index (χ0) is 17.1. The predicted octanol–water partition coefficient (Wildman–Crippen LogP) is 2.82. The molecule has 0 bridgehead atoms. The van der Waals surface area contributed by atoms with Gasteiger partial charge in [-0.2, -0.15) is 0 Å². The van der Waals surface area contributed by atoms with Crippen LogP contribution in [0.1, 0.15) is 17.4 Å². The molecule has 3 rings (SSSR count). The summed E-state index contributed by atoms with van der Waals surface area (Å²) in [6.45, 7) is 1.67. The van der Waals surface area contributed by atoms with Gasteiger partial charge in [-0.15, -0.1) is 11.3 Å². The van der Waals surface area contributed by atoms with Crippen LogP contribution in [0.2, 0.25) is 0 Å². The lowest BCUT2D eigenvalue weighted by Crippen LogP contribution is -2.21. The van der Waals surface area contributed by atoms with E-state index in [0.717, 1.165) is 20.9 Å². The number of thiophene rings is 1. The van der Waals surface area contributed by atoms with E-state index in [1.54, 1.807) is 17.4 Å². The van der Waals surface area contributed by atoms with Crippen molar-refractivity contribution in [2.75, 3.05) is 0 Å².